The first-order chi connectivity index (χ1) is 10.5. The predicted octanol–water partition coefficient (Wildman–Crippen LogP) is 2.97. The molecule has 1 aliphatic rings. The van der Waals surface area contributed by atoms with Crippen molar-refractivity contribution in [2.75, 3.05) is 25.0 Å². The SMILES string of the molecule is CN1CCc2cc(C(O)CNC(=O)c3cc(Br)cs3)ccc21. The molecule has 0 bridgehead atoms. The summed E-state index contributed by atoms with van der Waals surface area (Å²) in [5.74, 6) is -0.157. The van der Waals surface area contributed by atoms with Crippen molar-refractivity contribution in [2.45, 2.75) is 12.5 Å². The van der Waals surface area contributed by atoms with Gasteiger partial charge in [0, 0.05) is 35.7 Å². The normalized spacial score (nSPS) is 14.8. The first kappa shape index (κ1) is 15.5. The third-order valence-corrected chi connectivity index (χ3v) is 5.55. The number of halogens is 1. The highest BCUT2D eigenvalue weighted by Crippen LogP contribution is 2.29. The van der Waals surface area contributed by atoms with E-state index in [9.17, 15) is 9.90 Å². The molecule has 0 spiro atoms. The van der Waals surface area contributed by atoms with Crippen molar-refractivity contribution < 1.29 is 9.90 Å². The van der Waals surface area contributed by atoms with E-state index in [2.05, 4.69) is 33.2 Å². The molecular weight excluding hydrogens is 364 g/mol. The minimum absolute atomic E-state index is 0.157. The van der Waals surface area contributed by atoms with E-state index in [4.69, 9.17) is 0 Å². The molecule has 0 fully saturated rings. The van der Waals surface area contributed by atoms with Gasteiger partial charge < -0.3 is 15.3 Å². The number of hydrogen-bond donors (Lipinski definition) is 2. The summed E-state index contributed by atoms with van der Waals surface area (Å²) in [5.41, 5.74) is 3.33. The molecule has 0 radical (unpaired) electrons. The number of carbonyl (C=O) groups is 1. The average molecular weight is 381 g/mol. The number of aliphatic hydroxyl groups excluding tert-OH is 1. The lowest BCUT2D eigenvalue weighted by Crippen LogP contribution is -2.27. The number of likely N-dealkylation sites (N-methyl/N-ethyl adjacent to an activating group) is 1. The van der Waals surface area contributed by atoms with E-state index in [1.807, 2.05) is 23.6 Å². The smallest absolute Gasteiger partial charge is 0.261 e. The van der Waals surface area contributed by atoms with Crippen LogP contribution in [0.4, 0.5) is 5.69 Å². The second-order valence-corrected chi connectivity index (χ2v) is 7.24. The van der Waals surface area contributed by atoms with Gasteiger partial charge in [-0.25, -0.2) is 0 Å². The highest BCUT2D eigenvalue weighted by Gasteiger charge is 2.18. The van der Waals surface area contributed by atoms with Gasteiger partial charge in [0.05, 0.1) is 11.0 Å². The second-order valence-electron chi connectivity index (χ2n) is 5.41. The van der Waals surface area contributed by atoms with Crippen molar-refractivity contribution in [3.05, 3.63) is 50.1 Å². The van der Waals surface area contributed by atoms with Crippen molar-refractivity contribution in [3.63, 3.8) is 0 Å². The van der Waals surface area contributed by atoms with Gasteiger partial charge in [0.1, 0.15) is 0 Å². The van der Waals surface area contributed by atoms with Crippen LogP contribution in [-0.2, 0) is 6.42 Å². The zero-order chi connectivity index (χ0) is 15.7. The molecule has 1 amide bonds. The van der Waals surface area contributed by atoms with Crippen molar-refractivity contribution >= 4 is 38.9 Å². The van der Waals surface area contributed by atoms with Crippen LogP contribution in [-0.4, -0.2) is 31.2 Å². The van der Waals surface area contributed by atoms with E-state index >= 15 is 0 Å². The van der Waals surface area contributed by atoms with E-state index < -0.39 is 6.10 Å². The number of carbonyl (C=O) groups excluding carboxylic acids is 1. The number of amides is 1. The Bertz CT molecular complexity index is 701. The minimum Gasteiger partial charge on any atom is -0.387 e. The van der Waals surface area contributed by atoms with Crippen LogP contribution in [0, 0.1) is 0 Å². The van der Waals surface area contributed by atoms with Gasteiger partial charge in [-0.3, -0.25) is 4.79 Å². The van der Waals surface area contributed by atoms with Gasteiger partial charge in [-0.05, 0) is 45.6 Å². The van der Waals surface area contributed by atoms with Gasteiger partial charge in [0.25, 0.3) is 5.91 Å². The Morgan fingerprint density at radius 3 is 3.05 bits per heavy atom. The fourth-order valence-electron chi connectivity index (χ4n) is 2.62. The van der Waals surface area contributed by atoms with Gasteiger partial charge in [0.15, 0.2) is 0 Å². The van der Waals surface area contributed by atoms with Crippen molar-refractivity contribution in [3.8, 4) is 0 Å². The molecule has 1 aliphatic heterocycles. The maximum Gasteiger partial charge on any atom is 0.261 e. The van der Waals surface area contributed by atoms with E-state index in [1.165, 1.54) is 22.6 Å². The van der Waals surface area contributed by atoms with Gasteiger partial charge in [-0.1, -0.05) is 12.1 Å². The number of nitrogens with one attached hydrogen (secondary N) is 1. The number of benzene rings is 1. The summed E-state index contributed by atoms with van der Waals surface area (Å²) in [6, 6.07) is 7.79. The van der Waals surface area contributed by atoms with Gasteiger partial charge >= 0.3 is 0 Å². The number of anilines is 1. The minimum atomic E-state index is -0.691. The Morgan fingerprint density at radius 1 is 1.50 bits per heavy atom. The molecule has 1 aromatic heterocycles. The molecule has 0 aliphatic carbocycles. The molecule has 4 nitrogen and oxygen atoms in total. The van der Waals surface area contributed by atoms with Crippen molar-refractivity contribution in [1.82, 2.24) is 5.32 Å². The molecule has 3 rings (SSSR count). The molecule has 2 heterocycles. The zero-order valence-electron chi connectivity index (χ0n) is 12.2. The monoisotopic (exact) mass is 380 g/mol. The summed E-state index contributed by atoms with van der Waals surface area (Å²) in [5, 5.41) is 14.9. The Morgan fingerprint density at radius 2 is 2.32 bits per heavy atom. The second kappa shape index (κ2) is 6.40. The lowest BCUT2D eigenvalue weighted by atomic mass is 10.0. The van der Waals surface area contributed by atoms with Crippen LogP contribution >= 0.6 is 27.3 Å². The highest BCUT2D eigenvalue weighted by molar-refractivity contribution is 9.10. The summed E-state index contributed by atoms with van der Waals surface area (Å²) in [4.78, 5) is 14.8. The van der Waals surface area contributed by atoms with Crippen molar-refractivity contribution in [2.24, 2.45) is 0 Å². The van der Waals surface area contributed by atoms with Gasteiger partial charge in [-0.15, -0.1) is 11.3 Å². The fraction of sp³-hybridized carbons (Fsp3) is 0.312. The third-order valence-electron chi connectivity index (χ3n) is 3.86. The van der Waals surface area contributed by atoms with Crippen LogP contribution in [0.5, 0.6) is 0 Å². The maximum atomic E-state index is 12.0. The fourth-order valence-corrected chi connectivity index (χ4v) is 3.96. The number of nitrogens with zero attached hydrogens (tertiary/aromatic N) is 1. The molecule has 0 saturated carbocycles. The van der Waals surface area contributed by atoms with Crippen LogP contribution in [0.2, 0.25) is 0 Å². The van der Waals surface area contributed by atoms with E-state index in [0.29, 0.717) is 4.88 Å². The molecule has 116 valence electrons. The molecule has 0 saturated heterocycles. The van der Waals surface area contributed by atoms with Gasteiger partial charge in [0.2, 0.25) is 0 Å². The molecular formula is C16H17BrN2O2S. The van der Waals surface area contributed by atoms with Crippen LogP contribution in [0.1, 0.15) is 26.9 Å². The molecule has 6 heteroatoms. The van der Waals surface area contributed by atoms with Crippen LogP contribution in [0.15, 0.2) is 34.1 Å². The Labute approximate surface area is 141 Å². The summed E-state index contributed by atoms with van der Waals surface area (Å²) in [6.07, 6.45) is 0.311. The lowest BCUT2D eigenvalue weighted by Gasteiger charge is -2.15. The zero-order valence-corrected chi connectivity index (χ0v) is 14.6. The topological polar surface area (TPSA) is 52.6 Å². The molecule has 1 atom stereocenters. The number of aliphatic hydroxyl groups is 1. The number of hydrogen-bond acceptors (Lipinski definition) is 4. The summed E-state index contributed by atoms with van der Waals surface area (Å²) >= 11 is 4.70. The largest absolute Gasteiger partial charge is 0.387 e. The van der Waals surface area contributed by atoms with E-state index in [-0.39, 0.29) is 12.5 Å². The number of fused-ring (bicyclic) bond motifs is 1. The molecule has 2 N–H and O–H groups in total. The summed E-state index contributed by atoms with van der Waals surface area (Å²) in [7, 11) is 2.07. The van der Waals surface area contributed by atoms with Crippen LogP contribution in [0.3, 0.4) is 0 Å². The number of rotatable bonds is 4. The molecule has 1 aromatic carbocycles. The molecule has 1 unspecified atom stereocenters. The molecule has 2 aromatic rings. The maximum absolute atomic E-state index is 12.0. The average Bonchev–Trinajstić information content (AvgIpc) is 3.11. The summed E-state index contributed by atoms with van der Waals surface area (Å²) in [6.45, 7) is 1.22. The predicted molar refractivity (Wildman–Crippen MR) is 92.7 cm³/mol. The van der Waals surface area contributed by atoms with Crippen molar-refractivity contribution in [1.29, 1.82) is 0 Å². The van der Waals surface area contributed by atoms with E-state index in [0.717, 1.165) is 23.0 Å². The molecule has 22 heavy (non-hydrogen) atoms. The Hall–Kier alpha value is -1.37. The van der Waals surface area contributed by atoms with Crippen LogP contribution < -0.4 is 10.2 Å². The quantitative estimate of drug-likeness (QED) is 0.856. The first-order valence-electron chi connectivity index (χ1n) is 7.09. The summed E-state index contributed by atoms with van der Waals surface area (Å²) < 4.78 is 0.894. The highest BCUT2D eigenvalue weighted by atomic mass is 79.9. The lowest BCUT2D eigenvalue weighted by molar-refractivity contribution is 0.0920. The standard InChI is InChI=1S/C16H17BrN2O2S/c1-19-5-4-10-6-11(2-3-13(10)19)14(20)8-18-16(21)15-7-12(17)9-22-15/h2-3,6-7,9,14,20H,4-5,8H2,1H3,(H,18,21). The number of thiophene rings is 1. The van der Waals surface area contributed by atoms with Crippen LogP contribution in [0.25, 0.3) is 0 Å². The Balaban J connectivity index is 1.63. The third kappa shape index (κ3) is 3.19. The Kier molecular flexibility index (Phi) is 4.52. The van der Waals surface area contributed by atoms with Gasteiger partial charge in [-0.2, -0.15) is 0 Å². The van der Waals surface area contributed by atoms with E-state index in [1.54, 1.807) is 6.07 Å². The first-order valence-corrected chi connectivity index (χ1v) is 8.76.